The molecule has 3 heteroatoms. The number of guanidine groups is 1. The summed E-state index contributed by atoms with van der Waals surface area (Å²) in [5.74, 6) is -0.0770. The van der Waals surface area contributed by atoms with Gasteiger partial charge in [0.25, 0.3) is 0 Å². The zero-order valence-electron chi connectivity index (χ0n) is 5.02. The van der Waals surface area contributed by atoms with Gasteiger partial charge in [-0.05, 0) is 6.42 Å². The van der Waals surface area contributed by atoms with E-state index in [0.29, 0.717) is 6.54 Å². The lowest BCUT2D eigenvalue weighted by molar-refractivity contribution is 0.533. The Balaban J connectivity index is 3.32. The molecule has 0 rings (SSSR count). The molecule has 0 fully saturated rings. The van der Waals surface area contributed by atoms with Crippen molar-refractivity contribution < 1.29 is 0 Å². The third kappa shape index (κ3) is 2.44. The second kappa shape index (κ2) is 3.29. The second-order valence-electron chi connectivity index (χ2n) is 1.58. The van der Waals surface area contributed by atoms with Crippen molar-refractivity contribution in [3.8, 4) is 0 Å². The molecule has 0 aliphatic rings. The highest BCUT2D eigenvalue weighted by atomic mass is 15.2. The van der Waals surface area contributed by atoms with Crippen LogP contribution >= 0.6 is 0 Å². The van der Waals surface area contributed by atoms with E-state index in [2.05, 4.69) is 0 Å². The van der Waals surface area contributed by atoms with Crippen molar-refractivity contribution in [2.75, 3.05) is 6.54 Å². The monoisotopic (exact) mass is 113 g/mol. The molecule has 0 aromatic heterocycles. The highest BCUT2D eigenvalue weighted by Gasteiger charge is 1.94. The van der Waals surface area contributed by atoms with Crippen molar-refractivity contribution >= 4 is 5.96 Å². The molecule has 0 bridgehead atoms. The molecule has 0 spiro atoms. The van der Waals surface area contributed by atoms with E-state index in [1.807, 2.05) is 6.92 Å². The van der Waals surface area contributed by atoms with Gasteiger partial charge in [-0.15, -0.1) is 0 Å². The van der Waals surface area contributed by atoms with Gasteiger partial charge in [0.1, 0.15) is 0 Å². The zero-order chi connectivity index (χ0) is 6.57. The fourth-order valence-corrected chi connectivity index (χ4v) is 0.361. The van der Waals surface area contributed by atoms with Gasteiger partial charge in [0, 0.05) is 6.54 Å². The smallest absolute Gasteiger partial charge is 0.188 e. The quantitative estimate of drug-likeness (QED) is 0.306. The van der Waals surface area contributed by atoms with Gasteiger partial charge in [-0.25, -0.2) is 0 Å². The molecule has 0 aromatic carbocycles. The van der Waals surface area contributed by atoms with E-state index in [-0.39, 0.29) is 5.96 Å². The molecule has 0 aromatic rings. The van der Waals surface area contributed by atoms with Gasteiger partial charge in [0.2, 0.25) is 0 Å². The summed E-state index contributed by atoms with van der Waals surface area (Å²) in [5, 5.41) is 6.78. The van der Waals surface area contributed by atoms with Gasteiger partial charge < -0.3 is 10.6 Å². The van der Waals surface area contributed by atoms with E-state index in [0.717, 1.165) is 6.42 Å². The predicted molar refractivity (Wildman–Crippen MR) is 33.2 cm³/mol. The Morgan fingerprint density at radius 2 is 2.38 bits per heavy atom. The summed E-state index contributed by atoms with van der Waals surface area (Å²) in [7, 11) is 5.21. The van der Waals surface area contributed by atoms with Crippen LogP contribution in [0.3, 0.4) is 0 Å². The maximum absolute atomic E-state index is 6.78. The maximum atomic E-state index is 6.78. The van der Waals surface area contributed by atoms with E-state index < -0.39 is 0 Å². The lowest BCUT2D eigenvalue weighted by atomic mass is 10.4. The van der Waals surface area contributed by atoms with Gasteiger partial charge in [0.05, 0.1) is 7.05 Å². The van der Waals surface area contributed by atoms with Crippen molar-refractivity contribution in [3.63, 3.8) is 0 Å². The summed E-state index contributed by atoms with van der Waals surface area (Å²) in [4.78, 5) is 1.21. The zero-order valence-corrected chi connectivity index (χ0v) is 5.02. The number of hydrogen-bond donors (Lipinski definition) is 2. The number of hydrogen-bond acceptors (Lipinski definition) is 1. The van der Waals surface area contributed by atoms with Crippen LogP contribution in [0.15, 0.2) is 0 Å². The maximum Gasteiger partial charge on any atom is 0.188 e. The van der Waals surface area contributed by atoms with Gasteiger partial charge in [-0.2, -0.15) is 0 Å². The lowest BCUT2D eigenvalue weighted by Gasteiger charge is -2.12. The van der Waals surface area contributed by atoms with Crippen molar-refractivity contribution in [2.24, 2.45) is 5.73 Å². The fraction of sp³-hybridized carbons (Fsp3) is 0.600. The number of nitrogens with one attached hydrogen (secondary N) is 1. The number of nitrogens with zero attached hydrogens (tertiary/aromatic N) is 1. The molecular weight excluding hydrogens is 102 g/mol. The van der Waals surface area contributed by atoms with Crippen LogP contribution in [0.4, 0.5) is 0 Å². The summed E-state index contributed by atoms with van der Waals surface area (Å²) >= 11 is 0. The predicted octanol–water partition coefficient (Wildman–Crippen LogP) is 0.260. The highest BCUT2D eigenvalue weighted by Crippen LogP contribution is 1.83. The third-order valence-corrected chi connectivity index (χ3v) is 0.774. The molecule has 0 aliphatic carbocycles. The standard InChI is InChI=1S/C5H11N3/c1-3-4-8(2)5(6)7/h2H,3-4H2,1H3,(H3,6,7). The number of nitrogens with two attached hydrogens (primary N) is 1. The molecule has 0 saturated carbocycles. The van der Waals surface area contributed by atoms with Crippen LogP contribution in [0.5, 0.6) is 0 Å². The summed E-state index contributed by atoms with van der Waals surface area (Å²) in [6, 6.07) is 0. The molecule has 0 amide bonds. The van der Waals surface area contributed by atoms with E-state index in [4.69, 9.17) is 18.2 Å². The first-order valence-corrected chi connectivity index (χ1v) is 2.54. The first kappa shape index (κ1) is 7.27. The van der Waals surface area contributed by atoms with Crippen molar-refractivity contribution in [3.05, 3.63) is 7.05 Å². The van der Waals surface area contributed by atoms with Crippen LogP contribution in [0.2, 0.25) is 0 Å². The Morgan fingerprint density at radius 3 is 2.50 bits per heavy atom. The Bertz CT molecular complexity index is 79.7. The molecule has 0 saturated heterocycles. The molecule has 0 aliphatic heterocycles. The Morgan fingerprint density at radius 1 is 1.88 bits per heavy atom. The molecule has 2 radical (unpaired) electrons. The number of rotatable bonds is 2. The average molecular weight is 113 g/mol. The average Bonchev–Trinajstić information content (AvgIpc) is 1.67. The molecule has 0 atom stereocenters. The van der Waals surface area contributed by atoms with Crippen LogP contribution < -0.4 is 5.73 Å². The van der Waals surface area contributed by atoms with Crippen molar-refractivity contribution in [1.29, 1.82) is 5.41 Å². The first-order valence-electron chi connectivity index (χ1n) is 2.54. The van der Waals surface area contributed by atoms with Crippen LogP contribution in [0, 0.1) is 12.5 Å². The largest absolute Gasteiger partial charge is 0.370 e. The summed E-state index contributed by atoms with van der Waals surface area (Å²) in [5.41, 5.74) is 5.01. The topological polar surface area (TPSA) is 53.1 Å². The van der Waals surface area contributed by atoms with Gasteiger partial charge >= 0.3 is 0 Å². The van der Waals surface area contributed by atoms with Gasteiger partial charge in [0.15, 0.2) is 5.96 Å². The minimum Gasteiger partial charge on any atom is -0.370 e. The van der Waals surface area contributed by atoms with E-state index >= 15 is 0 Å². The van der Waals surface area contributed by atoms with Crippen LogP contribution in [0.25, 0.3) is 0 Å². The van der Waals surface area contributed by atoms with E-state index in [1.54, 1.807) is 0 Å². The summed E-state index contributed by atoms with van der Waals surface area (Å²) in [6.07, 6.45) is 0.913. The molecule has 0 heterocycles. The Hall–Kier alpha value is -0.730. The van der Waals surface area contributed by atoms with Gasteiger partial charge in [-0.1, -0.05) is 6.92 Å². The van der Waals surface area contributed by atoms with E-state index in [9.17, 15) is 0 Å². The summed E-state index contributed by atoms with van der Waals surface area (Å²) < 4.78 is 0. The Kier molecular flexibility index (Phi) is 2.99. The minimum absolute atomic E-state index is 0.0770. The van der Waals surface area contributed by atoms with Crippen molar-refractivity contribution in [1.82, 2.24) is 4.90 Å². The molecular formula is C5H11N3. The van der Waals surface area contributed by atoms with Crippen LogP contribution in [-0.2, 0) is 0 Å². The molecule has 3 nitrogen and oxygen atoms in total. The SMILES string of the molecule is [CH]N(CCC)C(=N)N. The minimum atomic E-state index is -0.0770. The fourth-order valence-electron chi connectivity index (χ4n) is 0.361. The second-order valence-corrected chi connectivity index (χ2v) is 1.58. The Labute approximate surface area is 50.0 Å². The lowest BCUT2D eigenvalue weighted by Crippen LogP contribution is -2.31. The normalized spacial score (nSPS) is 8.75. The molecule has 0 unspecified atom stereocenters. The first-order chi connectivity index (χ1) is 3.68. The highest BCUT2D eigenvalue weighted by molar-refractivity contribution is 5.74. The van der Waals surface area contributed by atoms with Crippen molar-refractivity contribution in [2.45, 2.75) is 13.3 Å². The third-order valence-electron chi connectivity index (χ3n) is 0.774. The van der Waals surface area contributed by atoms with Crippen LogP contribution in [0.1, 0.15) is 13.3 Å². The molecule has 8 heavy (non-hydrogen) atoms. The summed E-state index contributed by atoms with van der Waals surface area (Å²) in [6.45, 7) is 2.62. The van der Waals surface area contributed by atoms with E-state index in [1.165, 1.54) is 4.90 Å². The van der Waals surface area contributed by atoms with Crippen LogP contribution in [-0.4, -0.2) is 17.4 Å². The van der Waals surface area contributed by atoms with Gasteiger partial charge in [-0.3, -0.25) is 5.41 Å². The molecule has 46 valence electrons. The molecule has 3 N–H and O–H groups in total.